The largest absolute Gasteiger partial charge is 0.489 e. The molecule has 0 bridgehead atoms. The number of ether oxygens (including phenoxy) is 1. The topological polar surface area (TPSA) is 64.4 Å². The minimum atomic E-state index is -0.0289. The van der Waals surface area contributed by atoms with E-state index in [-0.39, 0.29) is 11.9 Å². The van der Waals surface area contributed by atoms with Gasteiger partial charge in [0.2, 0.25) is 0 Å². The van der Waals surface area contributed by atoms with Crippen molar-refractivity contribution in [3.8, 4) is 5.75 Å². The summed E-state index contributed by atoms with van der Waals surface area (Å²) in [5.41, 5.74) is 2.41. The fraction of sp³-hybridized carbons (Fsp3) is 0.524. The van der Waals surface area contributed by atoms with E-state index in [1.807, 2.05) is 32.0 Å². The van der Waals surface area contributed by atoms with Crippen molar-refractivity contribution in [1.29, 1.82) is 0 Å². The van der Waals surface area contributed by atoms with Crippen molar-refractivity contribution in [2.75, 3.05) is 0 Å². The Morgan fingerprint density at radius 3 is 2.85 bits per heavy atom. The molecule has 1 N–H and O–H groups in total. The summed E-state index contributed by atoms with van der Waals surface area (Å²) < 4.78 is 11.0. The molecule has 0 radical (unpaired) electrons. The van der Waals surface area contributed by atoms with E-state index >= 15 is 0 Å². The standard InChI is InChI=1S/C21H28N2O3/c1-13-7-5-10-20(14(13)2)22-21(24)17-8-6-9-18(11-17)25-12-19-15(3)23-26-16(19)4/h6,8-9,11,13-14,20H,5,7,10,12H2,1-4H3,(H,22,24)/t13-,14-,20+/m0/s1. The average Bonchev–Trinajstić information content (AvgIpc) is 2.95. The second-order valence-corrected chi connectivity index (χ2v) is 7.47. The van der Waals surface area contributed by atoms with E-state index in [9.17, 15) is 4.79 Å². The van der Waals surface area contributed by atoms with Crippen LogP contribution in [0.1, 0.15) is 60.5 Å². The zero-order chi connectivity index (χ0) is 18.7. The lowest BCUT2D eigenvalue weighted by Crippen LogP contribution is -2.43. The number of carbonyl (C=O) groups is 1. The van der Waals surface area contributed by atoms with E-state index in [2.05, 4.69) is 24.3 Å². The highest BCUT2D eigenvalue weighted by molar-refractivity contribution is 5.94. The number of aromatic nitrogens is 1. The predicted molar refractivity (Wildman–Crippen MR) is 100 cm³/mol. The first kappa shape index (κ1) is 18.5. The summed E-state index contributed by atoms with van der Waals surface area (Å²) in [5, 5.41) is 7.14. The van der Waals surface area contributed by atoms with Gasteiger partial charge in [-0.25, -0.2) is 0 Å². The fourth-order valence-corrected chi connectivity index (χ4v) is 3.63. The monoisotopic (exact) mass is 356 g/mol. The fourth-order valence-electron chi connectivity index (χ4n) is 3.63. The van der Waals surface area contributed by atoms with Gasteiger partial charge >= 0.3 is 0 Å². The van der Waals surface area contributed by atoms with Crippen molar-refractivity contribution in [2.24, 2.45) is 11.8 Å². The van der Waals surface area contributed by atoms with Gasteiger partial charge in [0.15, 0.2) is 0 Å². The highest BCUT2D eigenvalue weighted by Gasteiger charge is 2.28. The number of aryl methyl sites for hydroxylation is 2. The second-order valence-electron chi connectivity index (χ2n) is 7.47. The molecular weight excluding hydrogens is 328 g/mol. The van der Waals surface area contributed by atoms with E-state index in [0.29, 0.717) is 29.8 Å². The van der Waals surface area contributed by atoms with Gasteiger partial charge in [-0.1, -0.05) is 37.9 Å². The third-order valence-electron chi connectivity index (χ3n) is 5.68. The Labute approximate surface area is 155 Å². The molecule has 1 aliphatic carbocycles. The smallest absolute Gasteiger partial charge is 0.251 e. The van der Waals surface area contributed by atoms with E-state index in [4.69, 9.17) is 9.26 Å². The molecule has 1 aromatic heterocycles. The summed E-state index contributed by atoms with van der Waals surface area (Å²) in [6, 6.07) is 7.59. The molecule has 1 heterocycles. The van der Waals surface area contributed by atoms with E-state index in [1.54, 1.807) is 6.07 Å². The molecule has 0 aliphatic heterocycles. The van der Waals surface area contributed by atoms with Gasteiger partial charge < -0.3 is 14.6 Å². The van der Waals surface area contributed by atoms with Crippen LogP contribution in [0.2, 0.25) is 0 Å². The quantitative estimate of drug-likeness (QED) is 0.861. The van der Waals surface area contributed by atoms with E-state index in [0.717, 1.165) is 23.4 Å². The molecule has 2 aromatic rings. The molecule has 0 saturated heterocycles. The zero-order valence-electron chi connectivity index (χ0n) is 16.0. The van der Waals surface area contributed by atoms with Gasteiger partial charge in [0.25, 0.3) is 5.91 Å². The Morgan fingerprint density at radius 1 is 1.31 bits per heavy atom. The lowest BCUT2D eigenvalue weighted by molar-refractivity contribution is 0.0890. The van der Waals surface area contributed by atoms with Crippen LogP contribution in [0.3, 0.4) is 0 Å². The summed E-state index contributed by atoms with van der Waals surface area (Å²) in [7, 11) is 0. The molecule has 26 heavy (non-hydrogen) atoms. The molecule has 140 valence electrons. The van der Waals surface area contributed by atoms with Crippen LogP contribution >= 0.6 is 0 Å². The van der Waals surface area contributed by atoms with Crippen LogP contribution in [0, 0.1) is 25.7 Å². The Bertz CT molecular complexity index is 749. The summed E-state index contributed by atoms with van der Waals surface area (Å²) in [6.07, 6.45) is 3.48. The third-order valence-corrected chi connectivity index (χ3v) is 5.68. The van der Waals surface area contributed by atoms with Crippen molar-refractivity contribution in [3.63, 3.8) is 0 Å². The van der Waals surface area contributed by atoms with Gasteiger partial charge in [0.1, 0.15) is 18.1 Å². The molecule has 3 atom stereocenters. The van der Waals surface area contributed by atoms with Crippen LogP contribution in [0.4, 0.5) is 0 Å². The number of nitrogens with zero attached hydrogens (tertiary/aromatic N) is 1. The molecule has 0 spiro atoms. The van der Waals surface area contributed by atoms with E-state index < -0.39 is 0 Å². The summed E-state index contributed by atoms with van der Waals surface area (Å²) >= 11 is 0. The maximum Gasteiger partial charge on any atom is 0.251 e. The van der Waals surface area contributed by atoms with Crippen molar-refractivity contribution in [3.05, 3.63) is 46.8 Å². The summed E-state index contributed by atoms with van der Waals surface area (Å²) in [4.78, 5) is 12.7. The van der Waals surface area contributed by atoms with Gasteiger partial charge in [-0.3, -0.25) is 4.79 Å². The lowest BCUT2D eigenvalue weighted by atomic mass is 9.78. The number of hydrogen-bond donors (Lipinski definition) is 1. The molecule has 0 unspecified atom stereocenters. The van der Waals surface area contributed by atoms with Crippen molar-refractivity contribution >= 4 is 5.91 Å². The summed E-state index contributed by atoms with van der Waals surface area (Å²) in [6.45, 7) is 8.65. The molecule has 1 fully saturated rings. The Balaban J connectivity index is 1.64. The normalized spacial score (nSPS) is 22.8. The molecule has 1 aromatic carbocycles. The van der Waals surface area contributed by atoms with Gasteiger partial charge in [-0.15, -0.1) is 0 Å². The van der Waals surface area contributed by atoms with Gasteiger partial charge in [-0.05, 0) is 50.3 Å². The number of amides is 1. The molecular formula is C21H28N2O3. The molecule has 5 nitrogen and oxygen atoms in total. The van der Waals surface area contributed by atoms with Crippen LogP contribution in [0.25, 0.3) is 0 Å². The highest BCUT2D eigenvalue weighted by Crippen LogP contribution is 2.29. The van der Waals surface area contributed by atoms with Crippen LogP contribution in [-0.2, 0) is 6.61 Å². The number of hydrogen-bond acceptors (Lipinski definition) is 4. The minimum absolute atomic E-state index is 0.0289. The Morgan fingerprint density at radius 2 is 2.12 bits per heavy atom. The molecule has 3 rings (SSSR count). The van der Waals surface area contributed by atoms with Crippen molar-refractivity contribution in [1.82, 2.24) is 10.5 Å². The first-order valence-electron chi connectivity index (χ1n) is 9.41. The number of benzene rings is 1. The summed E-state index contributed by atoms with van der Waals surface area (Å²) in [5.74, 6) is 2.56. The zero-order valence-corrected chi connectivity index (χ0v) is 16.0. The maximum absolute atomic E-state index is 12.7. The van der Waals surface area contributed by atoms with Crippen LogP contribution in [0.15, 0.2) is 28.8 Å². The van der Waals surface area contributed by atoms with E-state index in [1.165, 1.54) is 12.8 Å². The van der Waals surface area contributed by atoms with Crippen LogP contribution in [-0.4, -0.2) is 17.1 Å². The second kappa shape index (κ2) is 7.94. The highest BCUT2D eigenvalue weighted by atomic mass is 16.5. The Kier molecular flexibility index (Phi) is 5.64. The molecule has 1 amide bonds. The third kappa shape index (κ3) is 4.09. The number of nitrogens with one attached hydrogen (secondary N) is 1. The minimum Gasteiger partial charge on any atom is -0.489 e. The molecule has 1 saturated carbocycles. The first-order chi connectivity index (χ1) is 12.5. The first-order valence-corrected chi connectivity index (χ1v) is 9.41. The van der Waals surface area contributed by atoms with Gasteiger partial charge in [0, 0.05) is 11.6 Å². The number of carbonyl (C=O) groups excluding carboxylic acids is 1. The SMILES string of the molecule is Cc1noc(C)c1COc1cccc(C(=O)N[C@@H]2CCC[C@H](C)[C@@H]2C)c1. The van der Waals surface area contributed by atoms with Crippen LogP contribution < -0.4 is 10.1 Å². The predicted octanol–water partition coefficient (Wildman–Crippen LogP) is 4.42. The molecule has 1 aliphatic rings. The van der Waals surface area contributed by atoms with Gasteiger partial charge in [-0.2, -0.15) is 0 Å². The molecule has 5 heteroatoms. The van der Waals surface area contributed by atoms with Gasteiger partial charge in [0.05, 0.1) is 11.3 Å². The van der Waals surface area contributed by atoms with Crippen LogP contribution in [0.5, 0.6) is 5.75 Å². The van der Waals surface area contributed by atoms with Crippen molar-refractivity contribution in [2.45, 2.75) is 59.6 Å². The number of rotatable bonds is 5. The lowest BCUT2D eigenvalue weighted by Gasteiger charge is -2.34. The van der Waals surface area contributed by atoms with Crippen molar-refractivity contribution < 1.29 is 14.1 Å². The maximum atomic E-state index is 12.7. The average molecular weight is 356 g/mol. The Hall–Kier alpha value is -2.30.